The number of halogens is 2. The standard InChI is InChI=1S/C14H18F2N2O3/c1-4-5-18(8(2)3)14(21)17-12-7-11(16)10(15)6-9(12)13(19)20/h6-8H,4-5H2,1-3H3,(H,17,21)(H,19,20). The van der Waals surface area contributed by atoms with Crippen molar-refractivity contribution in [3.8, 4) is 0 Å². The van der Waals surface area contributed by atoms with E-state index in [1.165, 1.54) is 4.90 Å². The lowest BCUT2D eigenvalue weighted by Gasteiger charge is -2.26. The second-order valence-electron chi connectivity index (χ2n) is 4.83. The molecule has 0 aliphatic heterocycles. The topological polar surface area (TPSA) is 69.6 Å². The summed E-state index contributed by atoms with van der Waals surface area (Å²) in [6.45, 7) is 5.97. The number of amides is 2. The first-order chi connectivity index (χ1) is 9.77. The number of benzene rings is 1. The zero-order valence-corrected chi connectivity index (χ0v) is 12.1. The number of aromatic carboxylic acids is 1. The van der Waals surface area contributed by atoms with E-state index in [1.807, 2.05) is 6.92 Å². The molecule has 0 fully saturated rings. The van der Waals surface area contributed by atoms with Crippen LogP contribution in [0.4, 0.5) is 19.3 Å². The van der Waals surface area contributed by atoms with Gasteiger partial charge in [0.15, 0.2) is 11.6 Å². The van der Waals surface area contributed by atoms with Crippen molar-refractivity contribution in [3.05, 3.63) is 29.3 Å². The Balaban J connectivity index is 3.08. The van der Waals surface area contributed by atoms with E-state index >= 15 is 0 Å². The molecule has 0 spiro atoms. The van der Waals surface area contributed by atoms with Crippen molar-refractivity contribution >= 4 is 17.7 Å². The Labute approximate surface area is 121 Å². The number of urea groups is 1. The van der Waals surface area contributed by atoms with Crippen LogP contribution in [0, 0.1) is 11.6 Å². The molecular formula is C14H18F2N2O3. The molecule has 0 atom stereocenters. The molecule has 2 amide bonds. The zero-order chi connectivity index (χ0) is 16.2. The van der Waals surface area contributed by atoms with E-state index in [0.29, 0.717) is 18.7 Å². The average molecular weight is 300 g/mol. The molecule has 0 aromatic heterocycles. The lowest BCUT2D eigenvalue weighted by molar-refractivity contribution is 0.0697. The Morgan fingerprint density at radius 1 is 1.29 bits per heavy atom. The second kappa shape index (κ2) is 7.01. The van der Waals surface area contributed by atoms with Crippen LogP contribution in [-0.2, 0) is 0 Å². The van der Waals surface area contributed by atoms with Crippen molar-refractivity contribution in [2.45, 2.75) is 33.2 Å². The van der Waals surface area contributed by atoms with Crippen LogP contribution in [0.3, 0.4) is 0 Å². The van der Waals surface area contributed by atoms with E-state index in [4.69, 9.17) is 5.11 Å². The molecule has 1 aromatic rings. The van der Waals surface area contributed by atoms with Gasteiger partial charge in [0.2, 0.25) is 0 Å². The maximum Gasteiger partial charge on any atom is 0.337 e. The lowest BCUT2D eigenvalue weighted by atomic mass is 10.1. The van der Waals surface area contributed by atoms with E-state index in [0.717, 1.165) is 6.42 Å². The summed E-state index contributed by atoms with van der Waals surface area (Å²) in [7, 11) is 0. The number of hydrogen-bond acceptors (Lipinski definition) is 2. The van der Waals surface area contributed by atoms with E-state index in [9.17, 15) is 18.4 Å². The molecule has 116 valence electrons. The number of carboxylic acids is 1. The van der Waals surface area contributed by atoms with Gasteiger partial charge >= 0.3 is 12.0 Å². The van der Waals surface area contributed by atoms with Gasteiger partial charge in [-0.3, -0.25) is 0 Å². The smallest absolute Gasteiger partial charge is 0.337 e. The SMILES string of the molecule is CCCN(C(=O)Nc1cc(F)c(F)cc1C(=O)O)C(C)C. The largest absolute Gasteiger partial charge is 0.478 e. The van der Waals surface area contributed by atoms with E-state index in [1.54, 1.807) is 13.8 Å². The number of carbonyl (C=O) groups excluding carboxylic acids is 1. The minimum atomic E-state index is -1.45. The quantitative estimate of drug-likeness (QED) is 0.876. The van der Waals surface area contributed by atoms with Crippen LogP contribution >= 0.6 is 0 Å². The normalized spacial score (nSPS) is 10.6. The van der Waals surface area contributed by atoms with Crippen molar-refractivity contribution in [3.63, 3.8) is 0 Å². The third kappa shape index (κ3) is 4.14. The first-order valence-corrected chi connectivity index (χ1v) is 6.57. The molecule has 1 rings (SSSR count). The summed E-state index contributed by atoms with van der Waals surface area (Å²) in [5, 5.41) is 11.3. The lowest BCUT2D eigenvalue weighted by Crippen LogP contribution is -2.40. The minimum absolute atomic E-state index is 0.108. The van der Waals surface area contributed by atoms with Crippen molar-refractivity contribution in [1.82, 2.24) is 4.90 Å². The number of rotatable bonds is 5. The third-order valence-electron chi connectivity index (χ3n) is 2.88. The van der Waals surface area contributed by atoms with Gasteiger partial charge in [0, 0.05) is 18.7 Å². The molecule has 0 unspecified atom stereocenters. The van der Waals surface area contributed by atoms with Gasteiger partial charge in [0.05, 0.1) is 11.3 Å². The van der Waals surface area contributed by atoms with Gasteiger partial charge < -0.3 is 15.3 Å². The zero-order valence-electron chi connectivity index (χ0n) is 12.1. The van der Waals surface area contributed by atoms with Gasteiger partial charge in [0.1, 0.15) is 0 Å². The van der Waals surface area contributed by atoms with Gasteiger partial charge in [-0.15, -0.1) is 0 Å². The molecule has 0 aliphatic carbocycles. The van der Waals surface area contributed by atoms with Gasteiger partial charge in [-0.05, 0) is 26.3 Å². The molecule has 0 aliphatic rings. The molecule has 0 saturated heterocycles. The number of nitrogens with one attached hydrogen (secondary N) is 1. The molecule has 0 bridgehead atoms. The van der Waals surface area contributed by atoms with Crippen LogP contribution in [0.25, 0.3) is 0 Å². The Morgan fingerprint density at radius 2 is 1.86 bits per heavy atom. The Kier molecular flexibility index (Phi) is 5.63. The molecule has 0 saturated carbocycles. The van der Waals surface area contributed by atoms with Crippen LogP contribution in [0.5, 0.6) is 0 Å². The fraction of sp³-hybridized carbons (Fsp3) is 0.429. The highest BCUT2D eigenvalue weighted by molar-refractivity contribution is 6.00. The molecule has 1 aromatic carbocycles. The summed E-state index contributed by atoms with van der Waals surface area (Å²) in [5.74, 6) is -3.95. The van der Waals surface area contributed by atoms with E-state index in [2.05, 4.69) is 5.32 Å². The number of nitrogens with zero attached hydrogens (tertiary/aromatic N) is 1. The number of hydrogen-bond donors (Lipinski definition) is 2. The van der Waals surface area contributed by atoms with Crippen molar-refractivity contribution in [2.24, 2.45) is 0 Å². The molecule has 7 heteroatoms. The molecule has 0 heterocycles. The van der Waals surface area contributed by atoms with Gasteiger partial charge in [-0.1, -0.05) is 6.92 Å². The summed E-state index contributed by atoms with van der Waals surface area (Å²) in [5.41, 5.74) is -0.768. The Bertz CT molecular complexity index is 547. The highest BCUT2D eigenvalue weighted by Crippen LogP contribution is 2.21. The van der Waals surface area contributed by atoms with Gasteiger partial charge in [0.25, 0.3) is 0 Å². The fourth-order valence-electron chi connectivity index (χ4n) is 1.85. The summed E-state index contributed by atoms with van der Waals surface area (Å²) in [6, 6.07) is 0.553. The van der Waals surface area contributed by atoms with Gasteiger partial charge in [-0.2, -0.15) is 0 Å². The van der Waals surface area contributed by atoms with Crippen LogP contribution in [0.1, 0.15) is 37.6 Å². The summed E-state index contributed by atoms with van der Waals surface area (Å²) >= 11 is 0. The van der Waals surface area contributed by atoms with Gasteiger partial charge in [-0.25, -0.2) is 18.4 Å². The third-order valence-corrected chi connectivity index (χ3v) is 2.88. The van der Waals surface area contributed by atoms with Crippen LogP contribution in [-0.4, -0.2) is 34.6 Å². The van der Waals surface area contributed by atoms with Crippen molar-refractivity contribution in [2.75, 3.05) is 11.9 Å². The van der Waals surface area contributed by atoms with Crippen LogP contribution < -0.4 is 5.32 Å². The maximum absolute atomic E-state index is 13.2. The number of carboxylic acid groups (broad SMARTS) is 1. The molecule has 5 nitrogen and oxygen atoms in total. The predicted octanol–water partition coefficient (Wildman–Crippen LogP) is 3.32. The van der Waals surface area contributed by atoms with E-state index < -0.39 is 29.2 Å². The highest BCUT2D eigenvalue weighted by atomic mass is 19.2. The van der Waals surface area contributed by atoms with Crippen molar-refractivity contribution < 1.29 is 23.5 Å². The van der Waals surface area contributed by atoms with Crippen LogP contribution in [0.15, 0.2) is 12.1 Å². The molecular weight excluding hydrogens is 282 g/mol. The summed E-state index contributed by atoms with van der Waals surface area (Å²) < 4.78 is 26.4. The van der Waals surface area contributed by atoms with Crippen LogP contribution in [0.2, 0.25) is 0 Å². The fourth-order valence-corrected chi connectivity index (χ4v) is 1.85. The maximum atomic E-state index is 13.2. The first kappa shape index (κ1) is 16.9. The highest BCUT2D eigenvalue weighted by Gasteiger charge is 2.21. The Hall–Kier alpha value is -2.18. The number of anilines is 1. The monoisotopic (exact) mass is 300 g/mol. The second-order valence-corrected chi connectivity index (χ2v) is 4.83. The van der Waals surface area contributed by atoms with E-state index in [-0.39, 0.29) is 11.7 Å². The minimum Gasteiger partial charge on any atom is -0.478 e. The Morgan fingerprint density at radius 3 is 2.33 bits per heavy atom. The number of carbonyl (C=O) groups is 2. The predicted molar refractivity (Wildman–Crippen MR) is 74.5 cm³/mol. The first-order valence-electron chi connectivity index (χ1n) is 6.57. The average Bonchev–Trinajstić information content (AvgIpc) is 2.38. The molecule has 21 heavy (non-hydrogen) atoms. The molecule has 0 radical (unpaired) electrons. The summed E-state index contributed by atoms with van der Waals surface area (Å²) in [4.78, 5) is 24.6. The molecule has 2 N–H and O–H groups in total. The van der Waals surface area contributed by atoms with Crippen molar-refractivity contribution in [1.29, 1.82) is 0 Å². The summed E-state index contributed by atoms with van der Waals surface area (Å²) in [6.07, 6.45) is 0.717.